The van der Waals surface area contributed by atoms with Gasteiger partial charge in [0.15, 0.2) is 0 Å². The quantitative estimate of drug-likeness (QED) is 0.828. The minimum Gasteiger partial charge on any atom is -0.397 e. The molecule has 4 heteroatoms. The molecule has 3 N–H and O–H groups in total. The van der Waals surface area contributed by atoms with Crippen molar-refractivity contribution in [3.05, 3.63) is 60.2 Å². The molecule has 0 radical (unpaired) electrons. The number of hydrogen-bond acceptors (Lipinski definition) is 2. The van der Waals surface area contributed by atoms with E-state index in [1.807, 2.05) is 48.5 Å². The van der Waals surface area contributed by atoms with Crippen LogP contribution in [0.4, 0.5) is 16.2 Å². The number of urea groups is 1. The number of para-hydroxylation sites is 2. The first-order chi connectivity index (χ1) is 9.18. The number of carbonyl (C=O) groups is 1. The Morgan fingerprint density at radius 2 is 1.74 bits per heavy atom. The molecule has 0 heterocycles. The molecule has 0 fully saturated rings. The molecule has 0 aliphatic carbocycles. The molecule has 0 spiro atoms. The summed E-state index contributed by atoms with van der Waals surface area (Å²) in [6.45, 7) is 0.497. The zero-order valence-electron chi connectivity index (χ0n) is 10.8. The fraction of sp³-hybridized carbons (Fsp3) is 0.133. The molecule has 0 aromatic heterocycles. The number of nitrogens with zero attached hydrogens (tertiary/aromatic N) is 1. The zero-order chi connectivity index (χ0) is 13.7. The minimum absolute atomic E-state index is 0.179. The van der Waals surface area contributed by atoms with E-state index in [0.29, 0.717) is 17.9 Å². The normalized spacial score (nSPS) is 9.95. The van der Waals surface area contributed by atoms with Gasteiger partial charge in [-0.2, -0.15) is 0 Å². The van der Waals surface area contributed by atoms with Gasteiger partial charge in [0, 0.05) is 13.6 Å². The number of nitrogen functional groups attached to an aromatic ring is 1. The molecule has 0 aliphatic rings. The predicted molar refractivity (Wildman–Crippen MR) is 77.9 cm³/mol. The summed E-state index contributed by atoms with van der Waals surface area (Å²) < 4.78 is 0. The summed E-state index contributed by atoms with van der Waals surface area (Å²) in [6.07, 6.45) is 0. The molecule has 98 valence electrons. The van der Waals surface area contributed by atoms with Gasteiger partial charge in [-0.05, 0) is 17.7 Å². The highest BCUT2D eigenvalue weighted by molar-refractivity contribution is 5.94. The van der Waals surface area contributed by atoms with E-state index < -0.39 is 0 Å². The lowest BCUT2D eigenvalue weighted by atomic mass is 10.2. The Hall–Kier alpha value is -2.49. The van der Waals surface area contributed by atoms with Crippen LogP contribution in [0.15, 0.2) is 54.6 Å². The molecule has 4 nitrogen and oxygen atoms in total. The van der Waals surface area contributed by atoms with E-state index in [0.717, 1.165) is 5.56 Å². The van der Waals surface area contributed by atoms with Crippen molar-refractivity contribution in [3.8, 4) is 0 Å². The lowest BCUT2D eigenvalue weighted by Crippen LogP contribution is -2.37. The molecule has 2 amide bonds. The van der Waals surface area contributed by atoms with Gasteiger partial charge in [0.05, 0.1) is 11.4 Å². The van der Waals surface area contributed by atoms with Crippen LogP contribution in [-0.2, 0) is 6.54 Å². The van der Waals surface area contributed by atoms with E-state index >= 15 is 0 Å². The van der Waals surface area contributed by atoms with E-state index in [4.69, 9.17) is 5.73 Å². The van der Waals surface area contributed by atoms with Gasteiger partial charge in [-0.1, -0.05) is 42.5 Å². The number of benzene rings is 2. The first-order valence-corrected chi connectivity index (χ1v) is 6.08. The van der Waals surface area contributed by atoms with Crippen molar-refractivity contribution < 1.29 is 4.79 Å². The van der Waals surface area contributed by atoms with Gasteiger partial charge in [0.25, 0.3) is 0 Å². The lowest BCUT2D eigenvalue weighted by Gasteiger charge is -2.19. The van der Waals surface area contributed by atoms with Gasteiger partial charge >= 0.3 is 6.03 Å². The Kier molecular flexibility index (Phi) is 4.03. The summed E-state index contributed by atoms with van der Waals surface area (Å²) in [4.78, 5) is 13.5. The summed E-state index contributed by atoms with van der Waals surface area (Å²) in [6, 6.07) is 16.9. The van der Waals surface area contributed by atoms with E-state index in [-0.39, 0.29) is 6.03 Å². The Balaban J connectivity index is 1.99. The predicted octanol–water partition coefficient (Wildman–Crippen LogP) is 2.61. The Bertz CT molecular complexity index is 554. The molecule has 0 saturated heterocycles. The molecule has 0 bridgehead atoms. The maximum absolute atomic E-state index is 12.0. The van der Waals surface area contributed by atoms with Crippen molar-refractivity contribution in [2.75, 3.05) is 17.7 Å². The Labute approximate surface area is 112 Å². The van der Waals surface area contributed by atoms with Crippen LogP contribution in [0.2, 0.25) is 0 Å². The molecular weight excluding hydrogens is 238 g/mol. The van der Waals surface area contributed by atoms with E-state index in [9.17, 15) is 4.79 Å². The average Bonchev–Trinajstić information content (AvgIpc) is 2.45. The van der Waals surface area contributed by atoms with Gasteiger partial charge in [0.2, 0.25) is 0 Å². The summed E-state index contributed by atoms with van der Waals surface area (Å²) in [5.41, 5.74) is 8.19. The number of hydrogen-bond donors (Lipinski definition) is 2. The van der Waals surface area contributed by atoms with Gasteiger partial charge in [-0.3, -0.25) is 4.90 Å². The van der Waals surface area contributed by atoms with Crippen molar-refractivity contribution in [2.24, 2.45) is 0 Å². The third kappa shape index (κ3) is 3.25. The second kappa shape index (κ2) is 5.91. The highest BCUT2D eigenvalue weighted by atomic mass is 16.2. The monoisotopic (exact) mass is 255 g/mol. The number of amides is 2. The van der Waals surface area contributed by atoms with Crippen LogP contribution in [0.1, 0.15) is 5.56 Å². The second-order valence-electron chi connectivity index (χ2n) is 4.26. The minimum atomic E-state index is -0.179. The summed E-state index contributed by atoms with van der Waals surface area (Å²) >= 11 is 0. The van der Waals surface area contributed by atoms with Crippen LogP contribution < -0.4 is 16.0 Å². The highest BCUT2D eigenvalue weighted by Crippen LogP contribution is 2.20. The fourth-order valence-electron chi connectivity index (χ4n) is 1.79. The maximum Gasteiger partial charge on any atom is 0.321 e. The Morgan fingerprint density at radius 3 is 2.42 bits per heavy atom. The van der Waals surface area contributed by atoms with Crippen LogP contribution in [-0.4, -0.2) is 13.1 Å². The van der Waals surface area contributed by atoms with Gasteiger partial charge < -0.3 is 11.1 Å². The lowest BCUT2D eigenvalue weighted by molar-refractivity contribution is 0.247. The number of anilines is 2. The fourth-order valence-corrected chi connectivity index (χ4v) is 1.79. The van der Waals surface area contributed by atoms with Crippen LogP contribution in [0, 0.1) is 0 Å². The van der Waals surface area contributed by atoms with Crippen LogP contribution in [0.25, 0.3) is 0 Å². The standard InChI is InChI=1S/C15H17N3O/c1-18(14-10-6-5-9-13(14)16)15(19)17-11-12-7-3-2-4-8-12/h2-10H,11,16H2,1H3,(H,17,19). The topological polar surface area (TPSA) is 58.4 Å². The van der Waals surface area contributed by atoms with E-state index in [1.165, 1.54) is 4.90 Å². The summed E-state index contributed by atoms with van der Waals surface area (Å²) in [7, 11) is 1.70. The van der Waals surface area contributed by atoms with Crippen molar-refractivity contribution in [1.82, 2.24) is 5.32 Å². The Morgan fingerprint density at radius 1 is 1.11 bits per heavy atom. The van der Waals surface area contributed by atoms with Crippen molar-refractivity contribution >= 4 is 17.4 Å². The smallest absolute Gasteiger partial charge is 0.321 e. The molecule has 0 saturated carbocycles. The molecule has 2 rings (SSSR count). The second-order valence-corrected chi connectivity index (χ2v) is 4.26. The van der Waals surface area contributed by atoms with Crippen LogP contribution in [0.5, 0.6) is 0 Å². The largest absolute Gasteiger partial charge is 0.397 e. The van der Waals surface area contributed by atoms with Crippen molar-refractivity contribution in [1.29, 1.82) is 0 Å². The zero-order valence-corrected chi connectivity index (χ0v) is 10.8. The molecule has 0 atom stereocenters. The first kappa shape index (κ1) is 13.0. The van der Waals surface area contributed by atoms with Crippen LogP contribution >= 0.6 is 0 Å². The first-order valence-electron chi connectivity index (χ1n) is 6.08. The van der Waals surface area contributed by atoms with Crippen molar-refractivity contribution in [2.45, 2.75) is 6.54 Å². The van der Waals surface area contributed by atoms with Gasteiger partial charge in [-0.15, -0.1) is 0 Å². The van der Waals surface area contributed by atoms with E-state index in [1.54, 1.807) is 13.1 Å². The van der Waals surface area contributed by atoms with Crippen molar-refractivity contribution in [3.63, 3.8) is 0 Å². The summed E-state index contributed by atoms with van der Waals surface area (Å²) in [5, 5.41) is 2.86. The maximum atomic E-state index is 12.0. The average molecular weight is 255 g/mol. The molecule has 19 heavy (non-hydrogen) atoms. The third-order valence-corrected chi connectivity index (χ3v) is 2.89. The SMILES string of the molecule is CN(C(=O)NCc1ccccc1)c1ccccc1N. The van der Waals surface area contributed by atoms with E-state index in [2.05, 4.69) is 5.32 Å². The number of nitrogens with one attached hydrogen (secondary N) is 1. The molecule has 2 aromatic rings. The van der Waals surface area contributed by atoms with Gasteiger partial charge in [0.1, 0.15) is 0 Å². The molecule has 2 aromatic carbocycles. The number of carbonyl (C=O) groups excluding carboxylic acids is 1. The molecule has 0 unspecified atom stereocenters. The highest BCUT2D eigenvalue weighted by Gasteiger charge is 2.12. The van der Waals surface area contributed by atoms with Crippen LogP contribution in [0.3, 0.4) is 0 Å². The molecular formula is C15H17N3O. The molecule has 0 aliphatic heterocycles. The third-order valence-electron chi connectivity index (χ3n) is 2.89. The summed E-state index contributed by atoms with van der Waals surface area (Å²) in [5.74, 6) is 0. The van der Waals surface area contributed by atoms with Gasteiger partial charge in [-0.25, -0.2) is 4.79 Å². The number of rotatable bonds is 3. The number of nitrogens with two attached hydrogens (primary N) is 1.